The molecule has 3 aromatic rings. The fraction of sp³-hybridized carbons (Fsp3) is 0.250. The molecule has 11 heteroatoms. The lowest BCUT2D eigenvalue weighted by Gasteiger charge is -2.23. The molecule has 184 valence electrons. The highest BCUT2D eigenvalue weighted by molar-refractivity contribution is 7.99. The molecule has 0 radical (unpaired) electrons. The lowest BCUT2D eigenvalue weighted by Crippen LogP contribution is -2.34. The molecule has 0 aliphatic rings. The van der Waals surface area contributed by atoms with Crippen molar-refractivity contribution in [3.63, 3.8) is 0 Å². The van der Waals surface area contributed by atoms with Gasteiger partial charge in [-0.2, -0.15) is 0 Å². The number of hydrogen-bond acceptors (Lipinski definition) is 5. The minimum Gasteiger partial charge on any atom is -0.342 e. The molecule has 0 fully saturated rings. The maximum absolute atomic E-state index is 12.9. The summed E-state index contributed by atoms with van der Waals surface area (Å²) >= 11 is 19.4. The molecule has 0 saturated heterocycles. The molecule has 35 heavy (non-hydrogen) atoms. The fourth-order valence-corrected chi connectivity index (χ4v) is 4.51. The van der Waals surface area contributed by atoms with Gasteiger partial charge < -0.3 is 15.2 Å². The zero-order valence-electron chi connectivity index (χ0n) is 19.1. The van der Waals surface area contributed by atoms with Gasteiger partial charge in [-0.1, -0.05) is 78.6 Å². The number of allylic oxidation sites excluding steroid dienone is 1. The van der Waals surface area contributed by atoms with Gasteiger partial charge in [-0.25, -0.2) is 0 Å². The van der Waals surface area contributed by atoms with Crippen LogP contribution in [0.5, 0.6) is 0 Å². The molecule has 0 unspecified atom stereocenters. The van der Waals surface area contributed by atoms with Crippen molar-refractivity contribution in [2.45, 2.75) is 31.6 Å². The van der Waals surface area contributed by atoms with Gasteiger partial charge in [0.15, 0.2) is 11.0 Å². The van der Waals surface area contributed by atoms with Crippen molar-refractivity contribution in [3.8, 4) is 0 Å². The number of nitrogens with zero attached hydrogens (tertiary/aromatic N) is 3. The summed E-state index contributed by atoms with van der Waals surface area (Å²) in [4.78, 5) is 25.4. The SMILES string of the molecule is C=CCn1c(SCC(=O)Nc2ccc(Cl)c(Cl)c2)nnc1[C@@H](NC(=O)c1ccccc1Cl)C(C)C. The monoisotopic (exact) mass is 551 g/mol. The van der Waals surface area contributed by atoms with Gasteiger partial charge in [0, 0.05) is 12.2 Å². The van der Waals surface area contributed by atoms with Crippen molar-refractivity contribution in [1.29, 1.82) is 0 Å². The van der Waals surface area contributed by atoms with Crippen molar-refractivity contribution in [1.82, 2.24) is 20.1 Å². The molecule has 1 atom stereocenters. The predicted molar refractivity (Wildman–Crippen MR) is 143 cm³/mol. The van der Waals surface area contributed by atoms with Crippen molar-refractivity contribution in [2.75, 3.05) is 11.1 Å². The van der Waals surface area contributed by atoms with Gasteiger partial charge in [0.2, 0.25) is 5.91 Å². The molecule has 0 saturated carbocycles. The second-order valence-electron chi connectivity index (χ2n) is 7.88. The Hall–Kier alpha value is -2.52. The Morgan fingerprint density at radius 3 is 2.49 bits per heavy atom. The van der Waals surface area contributed by atoms with E-state index in [0.29, 0.717) is 43.8 Å². The standard InChI is InChI=1S/C24H24Cl3N5O2S/c1-4-11-32-22(21(14(2)3)29-23(34)16-7-5-6-8-17(16)25)30-31-24(32)35-13-20(33)28-15-9-10-18(26)19(27)12-15/h4-10,12,14,21H,1,11,13H2,2-3H3,(H,28,33)(H,29,34)/t21-/m0/s1. The third-order valence-corrected chi connectivity index (χ3v) is 6.98. The average Bonchev–Trinajstić information content (AvgIpc) is 3.21. The Bertz CT molecular complexity index is 1230. The van der Waals surface area contributed by atoms with E-state index in [9.17, 15) is 9.59 Å². The largest absolute Gasteiger partial charge is 0.342 e. The zero-order chi connectivity index (χ0) is 25.5. The van der Waals surface area contributed by atoms with Gasteiger partial charge in [0.25, 0.3) is 5.91 Å². The number of anilines is 1. The molecule has 3 rings (SSSR count). The summed E-state index contributed by atoms with van der Waals surface area (Å²) < 4.78 is 1.83. The molecular weight excluding hydrogens is 529 g/mol. The van der Waals surface area contributed by atoms with Crippen LogP contribution < -0.4 is 10.6 Å². The predicted octanol–water partition coefficient (Wildman–Crippen LogP) is 6.28. The Morgan fingerprint density at radius 2 is 1.83 bits per heavy atom. The molecule has 2 amide bonds. The molecule has 2 N–H and O–H groups in total. The maximum Gasteiger partial charge on any atom is 0.253 e. The van der Waals surface area contributed by atoms with E-state index in [0.717, 1.165) is 0 Å². The molecular formula is C24H24Cl3N5O2S. The highest BCUT2D eigenvalue weighted by atomic mass is 35.5. The third-order valence-electron chi connectivity index (χ3n) is 4.94. The van der Waals surface area contributed by atoms with E-state index in [4.69, 9.17) is 34.8 Å². The number of carbonyl (C=O) groups excluding carboxylic acids is 2. The van der Waals surface area contributed by atoms with Crippen molar-refractivity contribution in [3.05, 3.63) is 81.6 Å². The van der Waals surface area contributed by atoms with E-state index in [-0.39, 0.29) is 23.5 Å². The van der Waals surface area contributed by atoms with Crippen molar-refractivity contribution >= 4 is 64.1 Å². The molecule has 0 aliphatic carbocycles. The quantitative estimate of drug-likeness (QED) is 0.228. The van der Waals surface area contributed by atoms with E-state index in [2.05, 4.69) is 27.4 Å². The van der Waals surface area contributed by atoms with Crippen LogP contribution in [-0.2, 0) is 11.3 Å². The van der Waals surface area contributed by atoms with Crippen molar-refractivity contribution in [2.24, 2.45) is 5.92 Å². The summed E-state index contributed by atoms with van der Waals surface area (Å²) in [5, 5.41) is 16.1. The topological polar surface area (TPSA) is 88.9 Å². The Morgan fingerprint density at radius 1 is 1.09 bits per heavy atom. The lowest BCUT2D eigenvalue weighted by atomic mass is 10.0. The lowest BCUT2D eigenvalue weighted by molar-refractivity contribution is -0.113. The fourth-order valence-electron chi connectivity index (χ4n) is 3.23. The Balaban J connectivity index is 1.76. The normalized spacial score (nSPS) is 11.8. The highest BCUT2D eigenvalue weighted by Gasteiger charge is 2.27. The number of rotatable bonds is 10. The van der Waals surface area contributed by atoms with Crippen LogP contribution in [0.2, 0.25) is 15.1 Å². The van der Waals surface area contributed by atoms with Gasteiger partial charge in [0.1, 0.15) is 0 Å². The van der Waals surface area contributed by atoms with E-state index < -0.39 is 6.04 Å². The summed E-state index contributed by atoms with van der Waals surface area (Å²) in [5.74, 6) is 0.110. The minimum atomic E-state index is -0.439. The number of aromatic nitrogens is 3. The van der Waals surface area contributed by atoms with E-state index in [1.165, 1.54) is 11.8 Å². The van der Waals surface area contributed by atoms with Crippen LogP contribution in [0.15, 0.2) is 60.3 Å². The zero-order valence-corrected chi connectivity index (χ0v) is 22.2. The minimum absolute atomic E-state index is 0.00463. The van der Waals surface area contributed by atoms with E-state index >= 15 is 0 Å². The molecule has 7 nitrogen and oxygen atoms in total. The molecule has 1 heterocycles. The summed E-state index contributed by atoms with van der Waals surface area (Å²) in [6.45, 7) is 8.17. The Labute approximate surface area is 223 Å². The maximum atomic E-state index is 12.9. The summed E-state index contributed by atoms with van der Waals surface area (Å²) in [6.07, 6.45) is 1.71. The molecule has 0 bridgehead atoms. The number of halogens is 3. The van der Waals surface area contributed by atoms with Crippen LogP contribution in [0, 0.1) is 5.92 Å². The third kappa shape index (κ3) is 7.01. The van der Waals surface area contributed by atoms with E-state index in [1.54, 1.807) is 48.5 Å². The van der Waals surface area contributed by atoms with Crippen LogP contribution in [0.1, 0.15) is 36.1 Å². The molecule has 0 spiro atoms. The van der Waals surface area contributed by atoms with Gasteiger partial charge in [0.05, 0.1) is 32.4 Å². The van der Waals surface area contributed by atoms with Crippen molar-refractivity contribution < 1.29 is 9.59 Å². The summed E-state index contributed by atoms with van der Waals surface area (Å²) in [7, 11) is 0. The molecule has 1 aromatic heterocycles. The average molecular weight is 553 g/mol. The number of carbonyl (C=O) groups is 2. The second-order valence-corrected chi connectivity index (χ2v) is 10.0. The first-order chi connectivity index (χ1) is 16.7. The van der Waals surface area contributed by atoms with Crippen LogP contribution in [0.4, 0.5) is 5.69 Å². The van der Waals surface area contributed by atoms with Gasteiger partial charge in [-0.3, -0.25) is 9.59 Å². The van der Waals surface area contributed by atoms with Gasteiger partial charge in [-0.15, -0.1) is 16.8 Å². The number of hydrogen-bond donors (Lipinski definition) is 2. The van der Waals surface area contributed by atoms with Gasteiger partial charge in [-0.05, 0) is 36.2 Å². The smallest absolute Gasteiger partial charge is 0.253 e. The van der Waals surface area contributed by atoms with Crippen LogP contribution >= 0.6 is 46.6 Å². The Kier molecular flexibility index (Phi) is 9.63. The molecule has 0 aliphatic heterocycles. The first kappa shape index (κ1) is 27.1. The number of amides is 2. The molecule has 2 aromatic carbocycles. The number of benzene rings is 2. The first-order valence-corrected chi connectivity index (χ1v) is 12.8. The second kappa shape index (κ2) is 12.4. The summed E-state index contributed by atoms with van der Waals surface area (Å²) in [5.41, 5.74) is 0.920. The first-order valence-electron chi connectivity index (χ1n) is 10.7. The highest BCUT2D eigenvalue weighted by Crippen LogP contribution is 2.28. The van der Waals surface area contributed by atoms with Crippen LogP contribution in [-0.4, -0.2) is 32.3 Å². The summed E-state index contributed by atoms with van der Waals surface area (Å²) in [6, 6.07) is 11.3. The number of nitrogens with one attached hydrogen (secondary N) is 2. The number of thioether (sulfide) groups is 1. The van der Waals surface area contributed by atoms with Crippen LogP contribution in [0.25, 0.3) is 0 Å². The van der Waals surface area contributed by atoms with Crippen LogP contribution in [0.3, 0.4) is 0 Å². The van der Waals surface area contributed by atoms with Gasteiger partial charge >= 0.3 is 0 Å². The van der Waals surface area contributed by atoms with E-state index in [1.807, 2.05) is 18.4 Å².